The third kappa shape index (κ3) is 7.78. The number of nitrogens with zero attached hydrogens (tertiary/aromatic N) is 1. The average Bonchev–Trinajstić information content (AvgIpc) is 2.75. The van der Waals surface area contributed by atoms with Crippen LogP contribution in [0.15, 0.2) is 79.0 Å². The van der Waals surface area contributed by atoms with Crippen LogP contribution >= 0.6 is 0 Å². The van der Waals surface area contributed by atoms with Crippen molar-refractivity contribution in [2.24, 2.45) is 5.41 Å². The predicted octanol–water partition coefficient (Wildman–Crippen LogP) is 5.23. The van der Waals surface area contributed by atoms with Gasteiger partial charge >= 0.3 is 5.97 Å². The van der Waals surface area contributed by atoms with Gasteiger partial charge in [-0.2, -0.15) is 0 Å². The summed E-state index contributed by atoms with van der Waals surface area (Å²) in [5.74, 6) is 0.925. The normalized spacial score (nSPS) is 12.7. The Balaban J connectivity index is 1.49. The number of ether oxygens (including phenoxy) is 1. The molecule has 2 N–H and O–H groups in total. The molecule has 1 atom stereocenters. The quantitative estimate of drug-likeness (QED) is 0.394. The fourth-order valence-corrected chi connectivity index (χ4v) is 3.78. The van der Waals surface area contributed by atoms with Gasteiger partial charge in [-0.15, -0.1) is 0 Å². The number of carboxylic acids is 1. The van der Waals surface area contributed by atoms with Gasteiger partial charge in [-0.25, -0.2) is 4.98 Å². The maximum atomic E-state index is 11.5. The molecule has 1 aromatic heterocycles. The van der Waals surface area contributed by atoms with Crippen LogP contribution in [-0.2, 0) is 17.6 Å². The van der Waals surface area contributed by atoms with Crippen LogP contribution in [0.2, 0.25) is 0 Å². The van der Waals surface area contributed by atoms with Crippen LogP contribution in [0.3, 0.4) is 0 Å². The van der Waals surface area contributed by atoms with E-state index in [4.69, 9.17) is 4.74 Å². The minimum absolute atomic E-state index is 0.128. The van der Waals surface area contributed by atoms with E-state index in [1.54, 1.807) is 6.20 Å². The lowest BCUT2D eigenvalue weighted by atomic mass is 9.76. The van der Waals surface area contributed by atoms with E-state index in [1.807, 2.05) is 67.6 Å². The molecule has 0 amide bonds. The van der Waals surface area contributed by atoms with E-state index in [0.717, 1.165) is 42.1 Å². The van der Waals surface area contributed by atoms with Crippen LogP contribution in [0, 0.1) is 5.41 Å². The monoisotopic (exact) mass is 418 g/mol. The van der Waals surface area contributed by atoms with Crippen LogP contribution in [0.5, 0.6) is 5.75 Å². The summed E-state index contributed by atoms with van der Waals surface area (Å²) in [5, 5.41) is 12.7. The molecule has 0 fully saturated rings. The van der Waals surface area contributed by atoms with E-state index >= 15 is 0 Å². The summed E-state index contributed by atoms with van der Waals surface area (Å²) in [4.78, 5) is 15.7. The topological polar surface area (TPSA) is 71.5 Å². The summed E-state index contributed by atoms with van der Waals surface area (Å²) in [6, 6.07) is 23.9. The standard InChI is InChI=1S/C26H30N2O3/c1-26(20-25(29)30,18-21-8-3-2-4-9-21)19-22-11-13-23(14-12-22)31-17-7-16-28-24-10-5-6-15-27-24/h2-6,8-15H,7,16-20H2,1H3,(H,27,28)(H,29,30). The largest absolute Gasteiger partial charge is 0.494 e. The highest BCUT2D eigenvalue weighted by Gasteiger charge is 2.28. The number of aromatic nitrogens is 1. The van der Waals surface area contributed by atoms with Gasteiger partial charge < -0.3 is 15.2 Å². The Kier molecular flexibility index (Phi) is 8.05. The molecule has 1 unspecified atom stereocenters. The average molecular weight is 419 g/mol. The summed E-state index contributed by atoms with van der Waals surface area (Å²) in [6.07, 6.45) is 4.18. The lowest BCUT2D eigenvalue weighted by Gasteiger charge is -2.28. The zero-order valence-corrected chi connectivity index (χ0v) is 18.0. The molecule has 162 valence electrons. The number of rotatable bonds is 12. The minimum atomic E-state index is -0.766. The van der Waals surface area contributed by atoms with Crippen molar-refractivity contribution in [3.63, 3.8) is 0 Å². The molecule has 5 nitrogen and oxygen atoms in total. The van der Waals surface area contributed by atoms with Gasteiger partial charge in [-0.05, 0) is 60.1 Å². The van der Waals surface area contributed by atoms with Gasteiger partial charge in [-0.3, -0.25) is 4.79 Å². The van der Waals surface area contributed by atoms with Gasteiger partial charge in [0.25, 0.3) is 0 Å². The highest BCUT2D eigenvalue weighted by Crippen LogP contribution is 2.32. The highest BCUT2D eigenvalue weighted by molar-refractivity contribution is 5.67. The smallest absolute Gasteiger partial charge is 0.303 e. The summed E-state index contributed by atoms with van der Waals surface area (Å²) < 4.78 is 5.83. The van der Waals surface area contributed by atoms with Gasteiger partial charge in [-0.1, -0.05) is 55.5 Å². The zero-order valence-electron chi connectivity index (χ0n) is 18.0. The van der Waals surface area contributed by atoms with Crippen molar-refractivity contribution in [1.29, 1.82) is 0 Å². The van der Waals surface area contributed by atoms with Gasteiger partial charge in [0.15, 0.2) is 0 Å². The van der Waals surface area contributed by atoms with Gasteiger partial charge in [0.05, 0.1) is 13.0 Å². The molecule has 0 aliphatic rings. The Morgan fingerprint density at radius 1 is 0.968 bits per heavy atom. The number of benzene rings is 2. The fraction of sp³-hybridized carbons (Fsp3) is 0.308. The first-order chi connectivity index (χ1) is 15.0. The molecular weight excluding hydrogens is 388 g/mol. The molecule has 0 radical (unpaired) electrons. The van der Waals surface area contributed by atoms with Crippen LogP contribution in [0.1, 0.15) is 30.9 Å². The first kappa shape index (κ1) is 22.3. The van der Waals surface area contributed by atoms with E-state index in [9.17, 15) is 9.90 Å². The summed E-state index contributed by atoms with van der Waals surface area (Å²) in [7, 11) is 0. The first-order valence-corrected chi connectivity index (χ1v) is 10.6. The lowest BCUT2D eigenvalue weighted by molar-refractivity contribution is -0.139. The van der Waals surface area contributed by atoms with Crippen molar-refractivity contribution in [2.45, 2.75) is 32.6 Å². The van der Waals surface area contributed by atoms with Gasteiger partial charge in [0.2, 0.25) is 0 Å². The molecule has 0 saturated carbocycles. The van der Waals surface area contributed by atoms with Crippen LogP contribution in [-0.4, -0.2) is 29.2 Å². The molecular formula is C26H30N2O3. The highest BCUT2D eigenvalue weighted by atomic mass is 16.5. The van der Waals surface area contributed by atoms with E-state index in [-0.39, 0.29) is 11.8 Å². The first-order valence-electron chi connectivity index (χ1n) is 10.6. The maximum Gasteiger partial charge on any atom is 0.303 e. The lowest BCUT2D eigenvalue weighted by Crippen LogP contribution is -2.26. The van der Waals surface area contributed by atoms with Crippen LogP contribution in [0.25, 0.3) is 0 Å². The number of aliphatic carboxylic acids is 1. The SMILES string of the molecule is CC(CC(=O)O)(Cc1ccccc1)Cc1ccc(OCCCNc2ccccn2)cc1. The second-order valence-electron chi connectivity index (χ2n) is 8.21. The third-order valence-corrected chi connectivity index (χ3v) is 5.17. The van der Waals surface area contributed by atoms with E-state index in [2.05, 4.69) is 22.4 Å². The Morgan fingerprint density at radius 3 is 2.29 bits per heavy atom. The number of carbonyl (C=O) groups is 1. The van der Waals surface area contributed by atoms with Crippen molar-refractivity contribution >= 4 is 11.8 Å². The zero-order chi connectivity index (χ0) is 21.9. The maximum absolute atomic E-state index is 11.5. The Labute approximate surface area is 184 Å². The molecule has 0 aliphatic carbocycles. The van der Waals surface area contributed by atoms with Crippen LogP contribution in [0.4, 0.5) is 5.82 Å². The van der Waals surface area contributed by atoms with Crippen molar-refractivity contribution in [3.05, 3.63) is 90.1 Å². The Morgan fingerprint density at radius 2 is 1.65 bits per heavy atom. The molecule has 5 heteroatoms. The van der Waals surface area contributed by atoms with Crippen molar-refractivity contribution in [2.75, 3.05) is 18.5 Å². The molecule has 0 saturated heterocycles. The molecule has 3 aromatic rings. The van der Waals surface area contributed by atoms with Crippen molar-refractivity contribution in [1.82, 2.24) is 4.98 Å². The Bertz CT molecular complexity index is 930. The van der Waals surface area contributed by atoms with E-state index in [1.165, 1.54) is 0 Å². The number of carboxylic acid groups (broad SMARTS) is 1. The Hall–Kier alpha value is -3.34. The van der Waals surface area contributed by atoms with E-state index in [0.29, 0.717) is 13.0 Å². The second-order valence-corrected chi connectivity index (χ2v) is 8.21. The summed E-state index contributed by atoms with van der Waals surface area (Å²) >= 11 is 0. The molecule has 0 bridgehead atoms. The molecule has 0 aliphatic heterocycles. The fourth-order valence-electron chi connectivity index (χ4n) is 3.78. The molecule has 0 spiro atoms. The third-order valence-electron chi connectivity index (χ3n) is 5.17. The van der Waals surface area contributed by atoms with E-state index < -0.39 is 5.97 Å². The second kappa shape index (κ2) is 11.2. The van der Waals surface area contributed by atoms with Gasteiger partial charge in [0.1, 0.15) is 11.6 Å². The number of hydrogen-bond acceptors (Lipinski definition) is 4. The molecule has 2 aromatic carbocycles. The number of nitrogens with one attached hydrogen (secondary N) is 1. The van der Waals surface area contributed by atoms with Crippen molar-refractivity contribution < 1.29 is 14.6 Å². The predicted molar refractivity (Wildman–Crippen MR) is 123 cm³/mol. The minimum Gasteiger partial charge on any atom is -0.494 e. The molecule has 1 heterocycles. The molecule has 31 heavy (non-hydrogen) atoms. The summed E-state index contributed by atoms with van der Waals surface area (Å²) in [6.45, 7) is 3.46. The number of anilines is 1. The number of pyridine rings is 1. The van der Waals surface area contributed by atoms with Crippen molar-refractivity contribution in [3.8, 4) is 5.75 Å². The molecule has 3 rings (SSSR count). The summed E-state index contributed by atoms with van der Waals surface area (Å²) in [5.41, 5.74) is 1.92. The van der Waals surface area contributed by atoms with Crippen LogP contribution < -0.4 is 10.1 Å². The number of hydrogen-bond donors (Lipinski definition) is 2. The van der Waals surface area contributed by atoms with Gasteiger partial charge in [0, 0.05) is 12.7 Å².